The van der Waals surface area contributed by atoms with Gasteiger partial charge in [0.1, 0.15) is 0 Å². The van der Waals surface area contributed by atoms with Crippen LogP contribution < -0.4 is 0 Å². The van der Waals surface area contributed by atoms with Crippen LogP contribution in [0.15, 0.2) is 0 Å². The molecule has 94 valence electrons. The van der Waals surface area contributed by atoms with Gasteiger partial charge in [-0.05, 0) is 12.8 Å². The maximum atomic E-state index is 11.6. The highest BCUT2D eigenvalue weighted by molar-refractivity contribution is 5.79. The summed E-state index contributed by atoms with van der Waals surface area (Å²) in [5, 5.41) is 0. The van der Waals surface area contributed by atoms with Gasteiger partial charge >= 0.3 is 0 Å². The Kier molecular flexibility index (Phi) is 6.77. The van der Waals surface area contributed by atoms with Crippen LogP contribution in [0.4, 0.5) is 0 Å². The number of hydrogen-bond donors (Lipinski definition) is 0. The number of nitrogens with zero attached hydrogens (tertiary/aromatic N) is 2. The summed E-state index contributed by atoms with van der Waals surface area (Å²) in [4.78, 5) is 26.1. The first-order chi connectivity index (χ1) is 7.52. The number of carbonyl (C=O) groups excluding carboxylic acids is 2. The van der Waals surface area contributed by atoms with E-state index in [-0.39, 0.29) is 17.7 Å². The Bertz CT molecular complexity index is 231. The molecule has 1 heterocycles. The second-order valence-electron chi connectivity index (χ2n) is 4.01. The SMILES string of the molecule is CC.CC(=O)N1CCC(C(=O)N(C)C)CC1. The van der Waals surface area contributed by atoms with Gasteiger partial charge in [-0.1, -0.05) is 13.8 Å². The first-order valence-corrected chi connectivity index (χ1v) is 5.99. The van der Waals surface area contributed by atoms with E-state index < -0.39 is 0 Å². The first kappa shape index (κ1) is 14.9. The highest BCUT2D eigenvalue weighted by atomic mass is 16.2. The number of amides is 2. The summed E-state index contributed by atoms with van der Waals surface area (Å²) in [6, 6.07) is 0. The van der Waals surface area contributed by atoms with Gasteiger partial charge in [0.15, 0.2) is 0 Å². The molecule has 1 rings (SSSR count). The molecular formula is C12H24N2O2. The van der Waals surface area contributed by atoms with Gasteiger partial charge in [0.2, 0.25) is 11.8 Å². The van der Waals surface area contributed by atoms with Crippen LogP contribution in [0.3, 0.4) is 0 Å². The highest BCUT2D eigenvalue weighted by Gasteiger charge is 2.26. The average Bonchev–Trinajstić information content (AvgIpc) is 2.30. The van der Waals surface area contributed by atoms with Crippen molar-refractivity contribution < 1.29 is 9.59 Å². The first-order valence-electron chi connectivity index (χ1n) is 5.99. The summed E-state index contributed by atoms with van der Waals surface area (Å²) >= 11 is 0. The third-order valence-electron chi connectivity index (χ3n) is 2.73. The van der Waals surface area contributed by atoms with E-state index in [4.69, 9.17) is 0 Å². The van der Waals surface area contributed by atoms with E-state index in [0.717, 1.165) is 25.9 Å². The summed E-state index contributed by atoms with van der Waals surface area (Å²) in [6.07, 6.45) is 1.60. The van der Waals surface area contributed by atoms with E-state index in [1.807, 2.05) is 13.8 Å². The Morgan fingerprint density at radius 3 is 1.88 bits per heavy atom. The molecular weight excluding hydrogens is 204 g/mol. The number of likely N-dealkylation sites (tertiary alicyclic amines) is 1. The quantitative estimate of drug-likeness (QED) is 0.680. The Labute approximate surface area is 98.6 Å². The van der Waals surface area contributed by atoms with Crippen LogP contribution in [-0.2, 0) is 9.59 Å². The Morgan fingerprint density at radius 2 is 1.56 bits per heavy atom. The molecule has 0 saturated carbocycles. The molecule has 2 amide bonds. The zero-order valence-electron chi connectivity index (χ0n) is 11.1. The summed E-state index contributed by atoms with van der Waals surface area (Å²) in [5.74, 6) is 0.412. The molecule has 0 aromatic carbocycles. The van der Waals surface area contributed by atoms with Gasteiger partial charge in [-0.15, -0.1) is 0 Å². The van der Waals surface area contributed by atoms with Gasteiger partial charge < -0.3 is 9.80 Å². The molecule has 4 heteroatoms. The fourth-order valence-corrected chi connectivity index (χ4v) is 1.81. The third-order valence-corrected chi connectivity index (χ3v) is 2.73. The lowest BCUT2D eigenvalue weighted by molar-refractivity contribution is -0.138. The van der Waals surface area contributed by atoms with E-state index in [0.29, 0.717) is 0 Å². The fraction of sp³-hybridized carbons (Fsp3) is 0.833. The van der Waals surface area contributed by atoms with Crippen molar-refractivity contribution in [3.63, 3.8) is 0 Å². The molecule has 16 heavy (non-hydrogen) atoms. The zero-order valence-corrected chi connectivity index (χ0v) is 11.1. The van der Waals surface area contributed by atoms with E-state index in [1.165, 1.54) is 0 Å². The molecule has 0 N–H and O–H groups in total. The Morgan fingerprint density at radius 1 is 1.12 bits per heavy atom. The number of hydrogen-bond acceptors (Lipinski definition) is 2. The van der Waals surface area contributed by atoms with Gasteiger partial charge in [-0.25, -0.2) is 0 Å². The minimum absolute atomic E-state index is 0.112. The molecule has 0 aromatic heterocycles. The summed E-state index contributed by atoms with van der Waals surface area (Å²) in [6.45, 7) is 7.02. The molecule has 0 unspecified atom stereocenters. The van der Waals surface area contributed by atoms with Gasteiger partial charge in [0, 0.05) is 40.0 Å². The van der Waals surface area contributed by atoms with Crippen LogP contribution >= 0.6 is 0 Å². The lowest BCUT2D eigenvalue weighted by Gasteiger charge is -2.31. The monoisotopic (exact) mass is 228 g/mol. The molecule has 1 saturated heterocycles. The molecule has 1 fully saturated rings. The summed E-state index contributed by atoms with van der Waals surface area (Å²) in [5.41, 5.74) is 0. The zero-order chi connectivity index (χ0) is 12.7. The standard InChI is InChI=1S/C10H18N2O2.C2H6/c1-8(13)12-6-4-9(5-7-12)10(14)11(2)3;1-2/h9H,4-7H2,1-3H3;1-2H3. The summed E-state index contributed by atoms with van der Waals surface area (Å²) in [7, 11) is 3.55. The smallest absolute Gasteiger partial charge is 0.225 e. The fourth-order valence-electron chi connectivity index (χ4n) is 1.81. The van der Waals surface area contributed by atoms with Crippen LogP contribution in [0.1, 0.15) is 33.6 Å². The van der Waals surface area contributed by atoms with Crippen molar-refractivity contribution in [2.24, 2.45) is 5.92 Å². The molecule has 1 aliphatic heterocycles. The lowest BCUT2D eigenvalue weighted by Crippen LogP contribution is -2.41. The van der Waals surface area contributed by atoms with Crippen molar-refractivity contribution in [2.45, 2.75) is 33.6 Å². The average molecular weight is 228 g/mol. The van der Waals surface area contributed by atoms with Gasteiger partial charge in [-0.3, -0.25) is 9.59 Å². The predicted octanol–water partition coefficient (Wildman–Crippen LogP) is 1.36. The largest absolute Gasteiger partial charge is 0.349 e. The normalized spacial score (nSPS) is 16.2. The molecule has 0 bridgehead atoms. The number of rotatable bonds is 1. The predicted molar refractivity (Wildman–Crippen MR) is 65.0 cm³/mol. The molecule has 0 aliphatic carbocycles. The Hall–Kier alpha value is -1.06. The van der Waals surface area contributed by atoms with Crippen LogP contribution in [0.5, 0.6) is 0 Å². The van der Waals surface area contributed by atoms with Gasteiger partial charge in [0.25, 0.3) is 0 Å². The second kappa shape index (κ2) is 7.25. The lowest BCUT2D eigenvalue weighted by atomic mass is 9.95. The van der Waals surface area contributed by atoms with Crippen molar-refractivity contribution in [3.8, 4) is 0 Å². The molecule has 0 aromatic rings. The minimum atomic E-state index is 0.112. The molecule has 1 aliphatic rings. The second-order valence-corrected chi connectivity index (χ2v) is 4.01. The van der Waals surface area contributed by atoms with E-state index in [9.17, 15) is 9.59 Å². The Balaban J connectivity index is 0.00000106. The van der Waals surface area contributed by atoms with Crippen LogP contribution in [-0.4, -0.2) is 48.8 Å². The van der Waals surface area contributed by atoms with E-state index in [2.05, 4.69) is 0 Å². The highest BCUT2D eigenvalue weighted by Crippen LogP contribution is 2.18. The van der Waals surface area contributed by atoms with E-state index in [1.54, 1.807) is 30.8 Å². The third kappa shape index (κ3) is 4.21. The topological polar surface area (TPSA) is 40.6 Å². The van der Waals surface area contributed by atoms with Crippen LogP contribution in [0.2, 0.25) is 0 Å². The minimum Gasteiger partial charge on any atom is -0.349 e. The molecule has 0 radical (unpaired) electrons. The maximum Gasteiger partial charge on any atom is 0.225 e. The van der Waals surface area contributed by atoms with Crippen molar-refractivity contribution in [2.75, 3.05) is 27.2 Å². The summed E-state index contributed by atoms with van der Waals surface area (Å²) < 4.78 is 0. The van der Waals surface area contributed by atoms with Crippen molar-refractivity contribution in [1.29, 1.82) is 0 Å². The van der Waals surface area contributed by atoms with Crippen LogP contribution in [0.25, 0.3) is 0 Å². The van der Waals surface area contributed by atoms with Gasteiger partial charge in [0.05, 0.1) is 0 Å². The molecule has 4 nitrogen and oxygen atoms in total. The van der Waals surface area contributed by atoms with E-state index >= 15 is 0 Å². The molecule has 0 atom stereocenters. The maximum absolute atomic E-state index is 11.6. The van der Waals surface area contributed by atoms with Crippen molar-refractivity contribution in [1.82, 2.24) is 9.80 Å². The number of piperidine rings is 1. The number of carbonyl (C=O) groups is 2. The van der Waals surface area contributed by atoms with Crippen molar-refractivity contribution in [3.05, 3.63) is 0 Å². The molecule has 0 spiro atoms. The van der Waals surface area contributed by atoms with Crippen molar-refractivity contribution >= 4 is 11.8 Å². The van der Waals surface area contributed by atoms with Crippen LogP contribution in [0, 0.1) is 5.92 Å². The van der Waals surface area contributed by atoms with Gasteiger partial charge in [-0.2, -0.15) is 0 Å².